The number of aromatic nitrogens is 1. The van der Waals surface area contributed by atoms with E-state index in [-0.39, 0.29) is 0 Å². The Morgan fingerprint density at radius 3 is 2.84 bits per heavy atom. The molecule has 1 aromatic carbocycles. The van der Waals surface area contributed by atoms with Gasteiger partial charge in [0.2, 0.25) is 0 Å². The molecule has 2 heterocycles. The summed E-state index contributed by atoms with van der Waals surface area (Å²) in [6.45, 7) is 2.55. The van der Waals surface area contributed by atoms with Gasteiger partial charge in [0.15, 0.2) is 0 Å². The maximum atomic E-state index is 9.29. The van der Waals surface area contributed by atoms with Crippen molar-refractivity contribution in [1.82, 2.24) is 4.57 Å². The average Bonchev–Trinajstić information content (AvgIpc) is 2.77. The van der Waals surface area contributed by atoms with Crippen LogP contribution < -0.4 is 0 Å². The van der Waals surface area contributed by atoms with Crippen LogP contribution in [0.15, 0.2) is 24.3 Å². The van der Waals surface area contributed by atoms with E-state index in [1.54, 1.807) is 0 Å². The van der Waals surface area contributed by atoms with Gasteiger partial charge in [0, 0.05) is 35.7 Å². The van der Waals surface area contributed by atoms with Gasteiger partial charge < -0.3 is 9.30 Å². The lowest BCUT2D eigenvalue weighted by atomic mass is 10.0. The lowest BCUT2D eigenvalue weighted by molar-refractivity contribution is 0.0616. The largest absolute Gasteiger partial charge is 0.381 e. The van der Waals surface area contributed by atoms with Gasteiger partial charge in [-0.05, 0) is 43.0 Å². The standard InChI is InChI=1S/C15H15ClN2O/c16-13-1-2-15-12(7-13)8-14(9-17)18(15)10-11-3-5-19-6-4-11/h1-2,7-8,11H,3-6,10H2. The van der Waals surface area contributed by atoms with Gasteiger partial charge in [-0.15, -0.1) is 0 Å². The summed E-state index contributed by atoms with van der Waals surface area (Å²) in [5.74, 6) is 0.590. The first kappa shape index (κ1) is 12.5. The average molecular weight is 275 g/mol. The highest BCUT2D eigenvalue weighted by molar-refractivity contribution is 6.31. The maximum absolute atomic E-state index is 9.29. The number of rotatable bonds is 2. The minimum Gasteiger partial charge on any atom is -0.381 e. The number of hydrogen-bond acceptors (Lipinski definition) is 2. The van der Waals surface area contributed by atoms with E-state index in [9.17, 15) is 5.26 Å². The summed E-state index contributed by atoms with van der Waals surface area (Å²) in [5.41, 5.74) is 1.80. The summed E-state index contributed by atoms with van der Waals surface area (Å²) >= 11 is 6.01. The number of ether oxygens (including phenoxy) is 1. The van der Waals surface area contributed by atoms with Gasteiger partial charge in [0.05, 0.1) is 0 Å². The quantitative estimate of drug-likeness (QED) is 0.839. The van der Waals surface area contributed by atoms with E-state index >= 15 is 0 Å². The Kier molecular flexibility index (Phi) is 3.46. The van der Waals surface area contributed by atoms with Crippen LogP contribution in [0.5, 0.6) is 0 Å². The third-order valence-corrected chi connectivity index (χ3v) is 3.99. The molecule has 1 fully saturated rings. The minimum absolute atomic E-state index is 0.590. The molecule has 0 spiro atoms. The van der Waals surface area contributed by atoms with Crippen LogP contribution in [-0.2, 0) is 11.3 Å². The van der Waals surface area contributed by atoms with Crippen LogP contribution in [0.25, 0.3) is 10.9 Å². The fraction of sp³-hybridized carbons (Fsp3) is 0.400. The second kappa shape index (κ2) is 5.24. The van der Waals surface area contributed by atoms with Gasteiger partial charge in [-0.3, -0.25) is 0 Å². The lowest BCUT2D eigenvalue weighted by Crippen LogP contribution is -2.20. The molecule has 0 amide bonds. The van der Waals surface area contributed by atoms with Crippen molar-refractivity contribution in [1.29, 1.82) is 5.26 Å². The second-order valence-electron chi connectivity index (χ2n) is 5.01. The Balaban J connectivity index is 1.98. The summed E-state index contributed by atoms with van der Waals surface area (Å²) in [5, 5.41) is 11.0. The molecule has 1 aromatic heterocycles. The smallest absolute Gasteiger partial charge is 0.121 e. The van der Waals surface area contributed by atoms with E-state index in [0.717, 1.165) is 43.5 Å². The first-order chi connectivity index (χ1) is 9.28. The predicted octanol–water partition coefficient (Wildman–Crippen LogP) is 3.59. The molecule has 0 saturated carbocycles. The first-order valence-electron chi connectivity index (χ1n) is 6.54. The van der Waals surface area contributed by atoms with E-state index < -0.39 is 0 Å². The number of hydrogen-bond donors (Lipinski definition) is 0. The molecule has 1 aliphatic rings. The molecule has 0 unspecified atom stereocenters. The Labute approximate surface area is 117 Å². The third-order valence-electron chi connectivity index (χ3n) is 3.76. The minimum atomic E-state index is 0.590. The number of benzene rings is 1. The fourth-order valence-corrected chi connectivity index (χ4v) is 2.90. The number of fused-ring (bicyclic) bond motifs is 1. The summed E-state index contributed by atoms with van der Waals surface area (Å²) in [6.07, 6.45) is 2.14. The highest BCUT2D eigenvalue weighted by Crippen LogP contribution is 2.26. The van der Waals surface area contributed by atoms with Crippen LogP contribution in [0, 0.1) is 17.2 Å². The summed E-state index contributed by atoms with van der Waals surface area (Å²) in [7, 11) is 0. The van der Waals surface area contributed by atoms with E-state index in [0.29, 0.717) is 16.6 Å². The highest BCUT2D eigenvalue weighted by atomic mass is 35.5. The zero-order valence-corrected chi connectivity index (χ0v) is 11.4. The lowest BCUT2D eigenvalue weighted by Gasteiger charge is -2.23. The van der Waals surface area contributed by atoms with Gasteiger partial charge in [0.25, 0.3) is 0 Å². The maximum Gasteiger partial charge on any atom is 0.121 e. The second-order valence-corrected chi connectivity index (χ2v) is 5.45. The van der Waals surface area contributed by atoms with Crippen molar-refractivity contribution in [3.8, 4) is 6.07 Å². The molecule has 2 aromatic rings. The SMILES string of the molecule is N#Cc1cc2cc(Cl)ccc2n1CC1CCOCC1. The highest BCUT2D eigenvalue weighted by Gasteiger charge is 2.17. The molecular formula is C15H15ClN2O. The molecule has 0 bridgehead atoms. The van der Waals surface area contributed by atoms with E-state index in [2.05, 4.69) is 10.6 Å². The predicted molar refractivity (Wildman–Crippen MR) is 75.2 cm³/mol. The molecule has 0 radical (unpaired) electrons. The fourth-order valence-electron chi connectivity index (χ4n) is 2.72. The van der Waals surface area contributed by atoms with Crippen molar-refractivity contribution < 1.29 is 4.74 Å². The molecule has 1 saturated heterocycles. The number of nitrogens with zero attached hydrogens (tertiary/aromatic N) is 2. The van der Waals surface area contributed by atoms with Gasteiger partial charge in [0.1, 0.15) is 11.8 Å². The van der Waals surface area contributed by atoms with Crippen LogP contribution in [0.2, 0.25) is 5.02 Å². The molecule has 0 atom stereocenters. The summed E-state index contributed by atoms with van der Waals surface area (Å²) in [4.78, 5) is 0. The van der Waals surface area contributed by atoms with Gasteiger partial charge in [-0.1, -0.05) is 11.6 Å². The Morgan fingerprint density at radius 1 is 1.32 bits per heavy atom. The van der Waals surface area contributed by atoms with Gasteiger partial charge in [-0.25, -0.2) is 0 Å². The van der Waals surface area contributed by atoms with E-state index in [4.69, 9.17) is 16.3 Å². The van der Waals surface area contributed by atoms with Gasteiger partial charge in [-0.2, -0.15) is 5.26 Å². The molecule has 0 N–H and O–H groups in total. The summed E-state index contributed by atoms with van der Waals surface area (Å²) < 4.78 is 7.50. The van der Waals surface area contributed by atoms with E-state index in [1.165, 1.54) is 0 Å². The summed E-state index contributed by atoms with van der Waals surface area (Å²) in [6, 6.07) is 9.99. The van der Waals surface area contributed by atoms with Crippen molar-refractivity contribution in [2.45, 2.75) is 19.4 Å². The monoisotopic (exact) mass is 274 g/mol. The molecular weight excluding hydrogens is 260 g/mol. The number of halogens is 1. The molecule has 3 nitrogen and oxygen atoms in total. The van der Waals surface area contributed by atoms with Crippen LogP contribution in [0.4, 0.5) is 0 Å². The van der Waals surface area contributed by atoms with Crippen LogP contribution in [-0.4, -0.2) is 17.8 Å². The molecule has 3 rings (SSSR count). The molecule has 0 aliphatic carbocycles. The topological polar surface area (TPSA) is 38.0 Å². The number of nitriles is 1. The van der Waals surface area contributed by atoms with Crippen molar-refractivity contribution in [2.75, 3.05) is 13.2 Å². The van der Waals surface area contributed by atoms with Crippen LogP contribution in [0.3, 0.4) is 0 Å². The van der Waals surface area contributed by atoms with Crippen molar-refractivity contribution in [2.24, 2.45) is 5.92 Å². The Hall–Kier alpha value is -1.50. The Morgan fingerprint density at radius 2 is 2.11 bits per heavy atom. The van der Waals surface area contributed by atoms with Crippen molar-refractivity contribution >= 4 is 22.5 Å². The van der Waals surface area contributed by atoms with Crippen molar-refractivity contribution in [3.63, 3.8) is 0 Å². The first-order valence-corrected chi connectivity index (χ1v) is 6.92. The molecule has 19 heavy (non-hydrogen) atoms. The molecule has 98 valence electrons. The zero-order valence-electron chi connectivity index (χ0n) is 10.6. The van der Waals surface area contributed by atoms with Crippen LogP contribution in [0.1, 0.15) is 18.5 Å². The zero-order chi connectivity index (χ0) is 13.2. The normalized spacial score (nSPS) is 16.6. The van der Waals surface area contributed by atoms with E-state index in [1.807, 2.05) is 24.3 Å². The van der Waals surface area contributed by atoms with Gasteiger partial charge >= 0.3 is 0 Å². The van der Waals surface area contributed by atoms with Crippen molar-refractivity contribution in [3.05, 3.63) is 35.0 Å². The third kappa shape index (κ3) is 2.47. The van der Waals surface area contributed by atoms with Crippen LogP contribution >= 0.6 is 11.6 Å². The molecule has 1 aliphatic heterocycles. The molecule has 4 heteroatoms. The Bertz CT molecular complexity index is 635.